The fraction of sp³-hybridized carbons (Fsp3) is 0.600. The molecule has 1 amide bonds. The molecular formula is C20H29NO5. The maximum atomic E-state index is 13.2. The molecule has 26 heavy (non-hydrogen) atoms. The first kappa shape index (κ1) is 20.1. The molecule has 2 rings (SSSR count). The summed E-state index contributed by atoms with van der Waals surface area (Å²) >= 11 is 0. The lowest BCUT2D eigenvalue weighted by molar-refractivity contribution is -0.141. The fourth-order valence-corrected chi connectivity index (χ4v) is 3.90. The Balaban J connectivity index is 2.26. The Bertz CT molecular complexity index is 654. The van der Waals surface area contributed by atoms with Crippen LogP contribution in [0.1, 0.15) is 51.5 Å². The van der Waals surface area contributed by atoms with E-state index in [4.69, 9.17) is 14.6 Å². The number of benzene rings is 1. The highest BCUT2D eigenvalue weighted by molar-refractivity contribution is 5.88. The van der Waals surface area contributed by atoms with Crippen molar-refractivity contribution in [2.45, 2.75) is 57.4 Å². The van der Waals surface area contributed by atoms with Crippen molar-refractivity contribution in [3.05, 3.63) is 23.8 Å². The quantitative estimate of drug-likeness (QED) is 0.741. The van der Waals surface area contributed by atoms with Gasteiger partial charge >= 0.3 is 5.97 Å². The minimum Gasteiger partial charge on any atom is -0.493 e. The van der Waals surface area contributed by atoms with Crippen LogP contribution in [-0.2, 0) is 15.0 Å². The van der Waals surface area contributed by atoms with Gasteiger partial charge in [-0.2, -0.15) is 0 Å². The monoisotopic (exact) mass is 363 g/mol. The van der Waals surface area contributed by atoms with Gasteiger partial charge in [0, 0.05) is 6.04 Å². The van der Waals surface area contributed by atoms with Gasteiger partial charge in [-0.1, -0.05) is 19.9 Å². The molecule has 1 saturated carbocycles. The van der Waals surface area contributed by atoms with Crippen LogP contribution in [0.3, 0.4) is 0 Å². The Morgan fingerprint density at radius 3 is 2.31 bits per heavy atom. The molecule has 1 fully saturated rings. The number of aliphatic carboxylic acids is 1. The molecule has 6 nitrogen and oxygen atoms in total. The molecule has 0 radical (unpaired) electrons. The summed E-state index contributed by atoms with van der Waals surface area (Å²) < 4.78 is 10.7. The molecule has 1 aliphatic carbocycles. The average Bonchev–Trinajstić information content (AvgIpc) is 3.11. The van der Waals surface area contributed by atoms with Gasteiger partial charge < -0.3 is 19.9 Å². The lowest BCUT2D eigenvalue weighted by Gasteiger charge is -2.32. The highest BCUT2D eigenvalue weighted by Crippen LogP contribution is 2.38. The molecule has 0 unspecified atom stereocenters. The second-order valence-corrected chi connectivity index (χ2v) is 6.88. The third-order valence-corrected chi connectivity index (χ3v) is 5.69. The molecule has 6 heteroatoms. The van der Waals surface area contributed by atoms with E-state index >= 15 is 0 Å². The third kappa shape index (κ3) is 3.79. The molecule has 0 aromatic heterocycles. The Labute approximate surface area is 154 Å². The number of carbonyl (C=O) groups is 2. The van der Waals surface area contributed by atoms with Crippen LogP contribution in [-0.4, -0.2) is 37.2 Å². The second-order valence-electron chi connectivity index (χ2n) is 6.88. The molecule has 0 bridgehead atoms. The molecule has 1 aromatic carbocycles. The standard InChI is InChI=1S/C20H29NO5/c1-5-20(6-2,14-8-10-16(25-3)17(12-14)26-4)19(24)21-15-9-7-13(11-15)18(22)23/h8,10,12-13,15H,5-7,9,11H2,1-4H3,(H,21,24)(H,22,23)/t13-,15+/m0/s1. The molecule has 0 aliphatic heterocycles. The van der Waals surface area contributed by atoms with E-state index in [0.717, 1.165) is 5.56 Å². The summed E-state index contributed by atoms with van der Waals surface area (Å²) in [5.74, 6) is 0.0254. The van der Waals surface area contributed by atoms with Crippen molar-refractivity contribution in [2.75, 3.05) is 14.2 Å². The predicted octanol–water partition coefficient (Wildman–Crippen LogP) is 3.13. The van der Waals surface area contributed by atoms with Gasteiger partial charge in [0.05, 0.1) is 25.6 Å². The van der Waals surface area contributed by atoms with Crippen LogP contribution >= 0.6 is 0 Å². The molecule has 144 valence electrons. The van der Waals surface area contributed by atoms with Gasteiger partial charge in [0.2, 0.25) is 5.91 Å². The zero-order chi connectivity index (χ0) is 19.3. The SMILES string of the molecule is CCC(CC)(C(=O)N[C@@H]1CC[C@H](C(=O)O)C1)c1ccc(OC)c(OC)c1. The number of methoxy groups -OCH3 is 2. The molecule has 1 aromatic rings. The van der Waals surface area contributed by atoms with Crippen molar-refractivity contribution in [1.82, 2.24) is 5.32 Å². The predicted molar refractivity (Wildman–Crippen MR) is 98.7 cm³/mol. The summed E-state index contributed by atoms with van der Waals surface area (Å²) in [5, 5.41) is 12.3. The highest BCUT2D eigenvalue weighted by Gasteiger charge is 2.40. The van der Waals surface area contributed by atoms with Gasteiger partial charge in [-0.15, -0.1) is 0 Å². The number of amides is 1. The molecule has 1 aliphatic rings. The van der Waals surface area contributed by atoms with Crippen LogP contribution in [0.15, 0.2) is 18.2 Å². The van der Waals surface area contributed by atoms with Crippen LogP contribution in [0.25, 0.3) is 0 Å². The van der Waals surface area contributed by atoms with Crippen molar-refractivity contribution in [1.29, 1.82) is 0 Å². The number of hydrogen-bond donors (Lipinski definition) is 2. The van der Waals surface area contributed by atoms with E-state index in [0.29, 0.717) is 43.6 Å². The van der Waals surface area contributed by atoms with Crippen molar-refractivity contribution in [2.24, 2.45) is 5.92 Å². The minimum absolute atomic E-state index is 0.0502. The Hall–Kier alpha value is -2.24. The summed E-state index contributed by atoms with van der Waals surface area (Å²) in [6, 6.07) is 5.50. The van der Waals surface area contributed by atoms with Crippen molar-refractivity contribution >= 4 is 11.9 Å². The molecule has 0 heterocycles. The summed E-state index contributed by atoms with van der Waals surface area (Å²) in [6.45, 7) is 3.99. The largest absolute Gasteiger partial charge is 0.493 e. The number of nitrogens with one attached hydrogen (secondary N) is 1. The molecule has 0 spiro atoms. The number of carboxylic acids is 1. The van der Waals surface area contributed by atoms with Gasteiger partial charge in [0.25, 0.3) is 0 Å². The Kier molecular flexibility index (Phi) is 6.51. The first-order valence-corrected chi connectivity index (χ1v) is 9.18. The zero-order valence-electron chi connectivity index (χ0n) is 16.0. The van der Waals surface area contributed by atoms with Gasteiger partial charge in [0.15, 0.2) is 11.5 Å². The Morgan fingerprint density at radius 2 is 1.81 bits per heavy atom. The molecule has 2 N–H and O–H groups in total. The lowest BCUT2D eigenvalue weighted by Crippen LogP contribution is -2.47. The van der Waals surface area contributed by atoms with Gasteiger partial charge in [-0.3, -0.25) is 9.59 Å². The van der Waals surface area contributed by atoms with E-state index in [2.05, 4.69) is 5.32 Å². The van der Waals surface area contributed by atoms with Crippen molar-refractivity contribution in [3.63, 3.8) is 0 Å². The maximum absolute atomic E-state index is 13.2. The number of rotatable bonds is 8. The number of carboxylic acid groups (broad SMARTS) is 1. The van der Waals surface area contributed by atoms with Gasteiger partial charge in [-0.05, 0) is 49.8 Å². The maximum Gasteiger partial charge on any atom is 0.306 e. The van der Waals surface area contributed by atoms with E-state index < -0.39 is 11.4 Å². The third-order valence-electron chi connectivity index (χ3n) is 5.69. The van der Waals surface area contributed by atoms with Crippen molar-refractivity contribution in [3.8, 4) is 11.5 Å². The van der Waals surface area contributed by atoms with E-state index in [-0.39, 0.29) is 17.9 Å². The topological polar surface area (TPSA) is 84.9 Å². The number of carbonyl (C=O) groups excluding carboxylic acids is 1. The first-order chi connectivity index (χ1) is 12.4. The summed E-state index contributed by atoms with van der Waals surface area (Å²) in [5.41, 5.74) is 0.200. The number of hydrogen-bond acceptors (Lipinski definition) is 4. The summed E-state index contributed by atoms with van der Waals surface area (Å²) in [4.78, 5) is 24.3. The van der Waals surface area contributed by atoms with Crippen LogP contribution in [0.5, 0.6) is 11.5 Å². The van der Waals surface area contributed by atoms with Crippen LogP contribution in [0.4, 0.5) is 0 Å². The highest BCUT2D eigenvalue weighted by atomic mass is 16.5. The van der Waals surface area contributed by atoms with Gasteiger partial charge in [-0.25, -0.2) is 0 Å². The van der Waals surface area contributed by atoms with Crippen LogP contribution < -0.4 is 14.8 Å². The normalized spacial score (nSPS) is 19.8. The lowest BCUT2D eigenvalue weighted by atomic mass is 9.74. The first-order valence-electron chi connectivity index (χ1n) is 9.18. The molecular weight excluding hydrogens is 334 g/mol. The van der Waals surface area contributed by atoms with E-state index in [1.807, 2.05) is 32.0 Å². The zero-order valence-corrected chi connectivity index (χ0v) is 16.0. The van der Waals surface area contributed by atoms with E-state index in [1.54, 1.807) is 14.2 Å². The van der Waals surface area contributed by atoms with Crippen LogP contribution in [0, 0.1) is 5.92 Å². The molecule has 0 saturated heterocycles. The van der Waals surface area contributed by atoms with E-state index in [1.165, 1.54) is 0 Å². The average molecular weight is 363 g/mol. The van der Waals surface area contributed by atoms with Crippen molar-refractivity contribution < 1.29 is 24.2 Å². The van der Waals surface area contributed by atoms with Gasteiger partial charge in [0.1, 0.15) is 0 Å². The number of ether oxygens (including phenoxy) is 2. The summed E-state index contributed by atoms with van der Waals surface area (Å²) in [7, 11) is 3.15. The van der Waals surface area contributed by atoms with E-state index in [9.17, 15) is 9.59 Å². The Morgan fingerprint density at radius 1 is 1.15 bits per heavy atom. The fourth-order valence-electron chi connectivity index (χ4n) is 3.90. The minimum atomic E-state index is -0.779. The smallest absolute Gasteiger partial charge is 0.306 e. The van der Waals surface area contributed by atoms with Crippen LogP contribution in [0.2, 0.25) is 0 Å². The summed E-state index contributed by atoms with van der Waals surface area (Å²) in [6.07, 6.45) is 3.09. The second kappa shape index (κ2) is 8.43. The molecule has 2 atom stereocenters.